The van der Waals surface area contributed by atoms with Crippen LogP contribution in [0, 0.1) is 5.92 Å². The number of aliphatic hydroxyl groups is 1. The van der Waals surface area contributed by atoms with Crippen molar-refractivity contribution in [3.8, 4) is 0 Å². The smallest absolute Gasteiger partial charge is 0.137 e. The molecule has 0 radical (unpaired) electrons. The zero-order valence-electron chi connectivity index (χ0n) is 10.8. The molecule has 0 spiro atoms. The number of imidazole rings is 1. The minimum atomic E-state index is -0.404. The van der Waals surface area contributed by atoms with E-state index in [4.69, 9.17) is 0 Å². The van der Waals surface area contributed by atoms with Crippen LogP contribution in [0.5, 0.6) is 0 Å². The predicted octanol–water partition coefficient (Wildman–Crippen LogP) is 1.58. The number of aromatic nitrogens is 2. The minimum absolute atomic E-state index is 0.365. The highest BCUT2D eigenvalue weighted by molar-refractivity contribution is 4.98. The van der Waals surface area contributed by atoms with Gasteiger partial charge in [-0.15, -0.1) is 0 Å². The van der Waals surface area contributed by atoms with Crippen molar-refractivity contribution in [2.45, 2.75) is 32.3 Å². The molecule has 0 bridgehead atoms. The average Bonchev–Trinajstić information content (AvgIpc) is 2.76. The van der Waals surface area contributed by atoms with Crippen LogP contribution in [0.2, 0.25) is 0 Å². The zero-order valence-corrected chi connectivity index (χ0v) is 10.8. The molecule has 1 aliphatic rings. The van der Waals surface area contributed by atoms with Gasteiger partial charge in [0.25, 0.3) is 0 Å². The maximum Gasteiger partial charge on any atom is 0.137 e. The number of piperidine rings is 1. The molecule has 1 aromatic heterocycles. The molecule has 17 heavy (non-hydrogen) atoms. The van der Waals surface area contributed by atoms with Crippen molar-refractivity contribution in [2.75, 3.05) is 19.6 Å². The standard InChI is InChI=1S/C13H23N3O/c1-3-7-16-8-4-11(5-9-16)12(17)13-14-6-10-15(13)2/h6,10-12,17H,3-5,7-9H2,1-2H3. The predicted molar refractivity (Wildman–Crippen MR) is 67.6 cm³/mol. The molecule has 0 aliphatic carbocycles. The van der Waals surface area contributed by atoms with Gasteiger partial charge in [-0.2, -0.15) is 0 Å². The quantitative estimate of drug-likeness (QED) is 0.864. The molecule has 1 saturated heterocycles. The van der Waals surface area contributed by atoms with Crippen molar-refractivity contribution in [1.29, 1.82) is 0 Å². The van der Waals surface area contributed by atoms with Crippen LogP contribution >= 0.6 is 0 Å². The first-order chi connectivity index (χ1) is 8.22. The second-order valence-electron chi connectivity index (χ2n) is 5.02. The Morgan fingerprint density at radius 2 is 2.18 bits per heavy atom. The SMILES string of the molecule is CCCN1CCC(C(O)c2nccn2C)CC1. The maximum atomic E-state index is 10.3. The molecular weight excluding hydrogens is 214 g/mol. The third-order valence-corrected chi connectivity index (χ3v) is 3.74. The van der Waals surface area contributed by atoms with E-state index in [1.807, 2.05) is 17.8 Å². The fraction of sp³-hybridized carbons (Fsp3) is 0.769. The lowest BCUT2D eigenvalue weighted by molar-refractivity contribution is 0.0512. The Kier molecular flexibility index (Phi) is 4.18. The highest BCUT2D eigenvalue weighted by Crippen LogP contribution is 2.29. The van der Waals surface area contributed by atoms with E-state index in [-0.39, 0.29) is 0 Å². The number of aryl methyl sites for hydroxylation is 1. The number of nitrogens with zero attached hydrogens (tertiary/aromatic N) is 3. The maximum absolute atomic E-state index is 10.3. The summed E-state index contributed by atoms with van der Waals surface area (Å²) in [5.74, 6) is 1.17. The van der Waals surface area contributed by atoms with Gasteiger partial charge in [0.2, 0.25) is 0 Å². The summed E-state index contributed by atoms with van der Waals surface area (Å²) in [6, 6.07) is 0. The molecule has 1 unspecified atom stereocenters. The molecule has 0 amide bonds. The van der Waals surface area contributed by atoms with Crippen LogP contribution in [-0.4, -0.2) is 39.2 Å². The molecule has 2 rings (SSSR count). The highest BCUT2D eigenvalue weighted by atomic mass is 16.3. The first-order valence-electron chi connectivity index (χ1n) is 6.60. The van der Waals surface area contributed by atoms with Gasteiger partial charge in [0, 0.05) is 19.4 Å². The second-order valence-corrected chi connectivity index (χ2v) is 5.02. The molecule has 4 nitrogen and oxygen atoms in total. The van der Waals surface area contributed by atoms with Crippen molar-refractivity contribution in [3.05, 3.63) is 18.2 Å². The molecule has 1 aromatic rings. The first kappa shape index (κ1) is 12.6. The number of rotatable bonds is 4. The summed E-state index contributed by atoms with van der Waals surface area (Å²) < 4.78 is 1.92. The van der Waals surface area contributed by atoms with Gasteiger partial charge in [-0.25, -0.2) is 4.98 Å². The van der Waals surface area contributed by atoms with Crippen LogP contribution in [0.15, 0.2) is 12.4 Å². The van der Waals surface area contributed by atoms with E-state index in [0.29, 0.717) is 5.92 Å². The van der Waals surface area contributed by atoms with E-state index < -0.39 is 6.10 Å². The third-order valence-electron chi connectivity index (χ3n) is 3.74. The van der Waals surface area contributed by atoms with E-state index >= 15 is 0 Å². The lowest BCUT2D eigenvalue weighted by Crippen LogP contribution is -2.36. The molecule has 4 heteroatoms. The fourth-order valence-corrected chi connectivity index (χ4v) is 2.68. The lowest BCUT2D eigenvalue weighted by atomic mass is 9.90. The largest absolute Gasteiger partial charge is 0.385 e. The van der Waals surface area contributed by atoms with Crippen LogP contribution < -0.4 is 0 Å². The van der Waals surface area contributed by atoms with Crippen LogP contribution in [-0.2, 0) is 7.05 Å². The van der Waals surface area contributed by atoms with Crippen molar-refractivity contribution < 1.29 is 5.11 Å². The Hall–Kier alpha value is -0.870. The molecular formula is C13H23N3O. The van der Waals surface area contributed by atoms with Gasteiger partial charge in [0.15, 0.2) is 0 Å². The molecule has 0 aromatic carbocycles. The summed E-state index contributed by atoms with van der Waals surface area (Å²) in [6.07, 6.45) is 6.61. The minimum Gasteiger partial charge on any atom is -0.385 e. The zero-order chi connectivity index (χ0) is 12.3. The average molecular weight is 237 g/mol. The monoisotopic (exact) mass is 237 g/mol. The summed E-state index contributed by atoms with van der Waals surface area (Å²) in [7, 11) is 1.94. The van der Waals surface area contributed by atoms with Crippen molar-refractivity contribution in [2.24, 2.45) is 13.0 Å². The summed E-state index contributed by atoms with van der Waals surface area (Å²) in [5.41, 5.74) is 0. The van der Waals surface area contributed by atoms with E-state index in [9.17, 15) is 5.11 Å². The second kappa shape index (κ2) is 5.65. The van der Waals surface area contributed by atoms with Crippen molar-refractivity contribution >= 4 is 0 Å². The fourth-order valence-electron chi connectivity index (χ4n) is 2.68. The van der Waals surface area contributed by atoms with E-state index in [1.165, 1.54) is 13.0 Å². The van der Waals surface area contributed by atoms with Crippen molar-refractivity contribution in [3.63, 3.8) is 0 Å². The van der Waals surface area contributed by atoms with Gasteiger partial charge in [0.1, 0.15) is 11.9 Å². The number of hydrogen-bond acceptors (Lipinski definition) is 3. The molecule has 1 aliphatic heterocycles. The van der Waals surface area contributed by atoms with Gasteiger partial charge in [-0.1, -0.05) is 6.92 Å². The first-order valence-corrected chi connectivity index (χ1v) is 6.60. The van der Waals surface area contributed by atoms with Gasteiger partial charge < -0.3 is 14.6 Å². The highest BCUT2D eigenvalue weighted by Gasteiger charge is 2.27. The summed E-state index contributed by atoms with van der Waals surface area (Å²) in [4.78, 5) is 6.73. The summed E-state index contributed by atoms with van der Waals surface area (Å²) in [5, 5.41) is 10.3. The van der Waals surface area contributed by atoms with Crippen molar-refractivity contribution in [1.82, 2.24) is 14.5 Å². The van der Waals surface area contributed by atoms with E-state index in [2.05, 4.69) is 16.8 Å². The Labute approximate surface area is 103 Å². The number of aliphatic hydroxyl groups excluding tert-OH is 1. The molecule has 96 valence electrons. The molecule has 2 heterocycles. The lowest BCUT2D eigenvalue weighted by Gasteiger charge is -2.33. The Bertz CT molecular complexity index is 342. The van der Waals surface area contributed by atoms with E-state index in [0.717, 1.165) is 31.8 Å². The normalized spacial score (nSPS) is 20.6. The number of likely N-dealkylation sites (tertiary alicyclic amines) is 1. The topological polar surface area (TPSA) is 41.3 Å². The van der Waals surface area contributed by atoms with Gasteiger partial charge in [-0.05, 0) is 44.8 Å². The molecule has 1 N–H and O–H groups in total. The van der Waals surface area contributed by atoms with Crippen LogP contribution in [0.3, 0.4) is 0 Å². The molecule has 1 fully saturated rings. The van der Waals surface area contributed by atoms with Crippen LogP contribution in [0.1, 0.15) is 38.1 Å². The van der Waals surface area contributed by atoms with Gasteiger partial charge in [0.05, 0.1) is 0 Å². The number of hydrogen-bond donors (Lipinski definition) is 1. The van der Waals surface area contributed by atoms with Gasteiger partial charge >= 0.3 is 0 Å². The van der Waals surface area contributed by atoms with Crippen LogP contribution in [0.25, 0.3) is 0 Å². The Balaban J connectivity index is 1.90. The van der Waals surface area contributed by atoms with E-state index in [1.54, 1.807) is 6.20 Å². The Morgan fingerprint density at radius 3 is 2.71 bits per heavy atom. The Morgan fingerprint density at radius 1 is 1.47 bits per heavy atom. The molecule has 0 saturated carbocycles. The summed E-state index contributed by atoms with van der Waals surface area (Å²) in [6.45, 7) is 5.63. The third kappa shape index (κ3) is 2.87. The summed E-state index contributed by atoms with van der Waals surface area (Å²) >= 11 is 0. The van der Waals surface area contributed by atoms with Gasteiger partial charge in [-0.3, -0.25) is 0 Å². The molecule has 1 atom stereocenters. The van der Waals surface area contributed by atoms with Crippen LogP contribution in [0.4, 0.5) is 0 Å².